The molecular formula is C9H8ClN. The molecule has 1 aliphatic rings. The number of fused-ring (bicyclic) bond motifs is 1. The third-order valence-electron chi connectivity index (χ3n) is 1.80. The van der Waals surface area contributed by atoms with Gasteiger partial charge in [0.2, 0.25) is 0 Å². The van der Waals surface area contributed by atoms with Gasteiger partial charge in [-0.2, -0.15) is 0 Å². The minimum Gasteiger partial charge on any atom is -0.387 e. The second kappa shape index (κ2) is 2.59. The van der Waals surface area contributed by atoms with Crippen molar-refractivity contribution in [2.24, 2.45) is 0 Å². The van der Waals surface area contributed by atoms with Gasteiger partial charge in [0.1, 0.15) is 0 Å². The molecule has 1 N–H and O–H groups in total. The van der Waals surface area contributed by atoms with Crippen LogP contribution in [0.25, 0.3) is 6.08 Å². The number of benzene rings is 1. The Labute approximate surface area is 70.7 Å². The first kappa shape index (κ1) is 6.74. The summed E-state index contributed by atoms with van der Waals surface area (Å²) in [5, 5.41) is 3.96. The van der Waals surface area contributed by atoms with Crippen LogP contribution in [0.15, 0.2) is 24.4 Å². The molecule has 1 nitrogen and oxygen atoms in total. The van der Waals surface area contributed by atoms with E-state index in [2.05, 4.69) is 11.4 Å². The third kappa shape index (κ3) is 1.12. The summed E-state index contributed by atoms with van der Waals surface area (Å²) in [7, 11) is 0. The van der Waals surface area contributed by atoms with E-state index in [9.17, 15) is 0 Å². The summed E-state index contributed by atoms with van der Waals surface area (Å²) in [5.41, 5.74) is 2.41. The fourth-order valence-electron chi connectivity index (χ4n) is 1.23. The molecule has 0 aromatic heterocycles. The van der Waals surface area contributed by atoms with Crippen LogP contribution in [0.2, 0.25) is 5.02 Å². The molecule has 1 heterocycles. The molecule has 0 saturated heterocycles. The van der Waals surface area contributed by atoms with Crippen LogP contribution in [0.1, 0.15) is 11.1 Å². The normalized spacial score (nSPS) is 13.9. The second-order valence-corrected chi connectivity index (χ2v) is 2.93. The number of halogens is 1. The highest BCUT2D eigenvalue weighted by atomic mass is 35.5. The maximum absolute atomic E-state index is 5.96. The van der Waals surface area contributed by atoms with Gasteiger partial charge in [-0.05, 0) is 29.5 Å². The number of rotatable bonds is 0. The topological polar surface area (TPSA) is 12.0 Å². The van der Waals surface area contributed by atoms with Gasteiger partial charge in [0.15, 0.2) is 0 Å². The fraction of sp³-hybridized carbons (Fsp3) is 0.111. The molecule has 0 spiro atoms. The summed E-state index contributed by atoms with van der Waals surface area (Å²) in [5.74, 6) is 0. The lowest BCUT2D eigenvalue weighted by molar-refractivity contribution is 0.859. The molecule has 1 aromatic rings. The van der Waals surface area contributed by atoms with Crippen LogP contribution >= 0.6 is 11.6 Å². The van der Waals surface area contributed by atoms with Gasteiger partial charge in [-0.1, -0.05) is 23.7 Å². The third-order valence-corrected chi connectivity index (χ3v) is 2.13. The summed E-state index contributed by atoms with van der Waals surface area (Å²) in [6, 6.07) is 5.97. The Morgan fingerprint density at radius 2 is 2.27 bits per heavy atom. The molecule has 0 unspecified atom stereocenters. The van der Waals surface area contributed by atoms with Gasteiger partial charge in [0, 0.05) is 11.6 Å². The lowest BCUT2D eigenvalue weighted by Crippen LogP contribution is -2.09. The Kier molecular flexibility index (Phi) is 1.59. The van der Waals surface area contributed by atoms with Crippen molar-refractivity contribution in [3.63, 3.8) is 0 Å². The molecule has 0 bridgehead atoms. The van der Waals surface area contributed by atoms with E-state index in [0.717, 1.165) is 17.1 Å². The first-order chi connectivity index (χ1) is 5.38. The van der Waals surface area contributed by atoms with Crippen LogP contribution in [-0.2, 0) is 6.54 Å². The quantitative estimate of drug-likeness (QED) is 0.623. The fourth-order valence-corrected chi connectivity index (χ4v) is 1.49. The molecule has 2 heteroatoms. The number of hydrogen-bond donors (Lipinski definition) is 1. The van der Waals surface area contributed by atoms with E-state index in [0.29, 0.717) is 0 Å². The van der Waals surface area contributed by atoms with Crippen LogP contribution in [0.3, 0.4) is 0 Å². The summed E-state index contributed by atoms with van der Waals surface area (Å²) in [4.78, 5) is 0. The van der Waals surface area contributed by atoms with E-state index < -0.39 is 0 Å². The van der Waals surface area contributed by atoms with Crippen molar-refractivity contribution in [1.82, 2.24) is 5.32 Å². The van der Waals surface area contributed by atoms with E-state index in [1.54, 1.807) is 0 Å². The Hall–Kier alpha value is -0.950. The summed E-state index contributed by atoms with van der Waals surface area (Å²) < 4.78 is 0. The minimum absolute atomic E-state index is 0.834. The van der Waals surface area contributed by atoms with Crippen molar-refractivity contribution in [1.29, 1.82) is 0 Å². The Balaban J connectivity index is 2.60. The van der Waals surface area contributed by atoms with Crippen molar-refractivity contribution < 1.29 is 0 Å². The van der Waals surface area contributed by atoms with Crippen LogP contribution < -0.4 is 5.32 Å². The molecular weight excluding hydrogens is 158 g/mol. The lowest BCUT2D eigenvalue weighted by Gasteiger charge is -2.12. The molecule has 0 fully saturated rings. The first-order valence-electron chi connectivity index (χ1n) is 3.55. The van der Waals surface area contributed by atoms with E-state index in [1.165, 1.54) is 5.56 Å². The zero-order valence-corrected chi connectivity index (χ0v) is 6.73. The van der Waals surface area contributed by atoms with Crippen molar-refractivity contribution in [2.45, 2.75) is 6.54 Å². The molecule has 0 radical (unpaired) electrons. The molecule has 2 rings (SSSR count). The molecule has 0 saturated carbocycles. The maximum Gasteiger partial charge on any atom is 0.0482 e. The molecule has 0 aliphatic carbocycles. The summed E-state index contributed by atoms with van der Waals surface area (Å²) in [6.45, 7) is 0.881. The Morgan fingerprint density at radius 1 is 1.36 bits per heavy atom. The van der Waals surface area contributed by atoms with Crippen LogP contribution in [0.5, 0.6) is 0 Å². The van der Waals surface area contributed by atoms with Crippen molar-refractivity contribution in [2.75, 3.05) is 0 Å². The van der Waals surface area contributed by atoms with Gasteiger partial charge in [-0.3, -0.25) is 0 Å². The zero-order valence-electron chi connectivity index (χ0n) is 5.97. The van der Waals surface area contributed by atoms with Crippen molar-refractivity contribution >= 4 is 17.7 Å². The van der Waals surface area contributed by atoms with Gasteiger partial charge in [-0.25, -0.2) is 0 Å². The highest BCUT2D eigenvalue weighted by molar-refractivity contribution is 6.32. The van der Waals surface area contributed by atoms with Gasteiger partial charge in [0.05, 0.1) is 0 Å². The highest BCUT2D eigenvalue weighted by Gasteiger charge is 2.05. The average molecular weight is 166 g/mol. The molecule has 0 atom stereocenters. The standard InChI is InChI=1S/C9H8ClN/c10-9-3-1-2-7-6-11-5-4-8(7)9/h1-5,11H,6H2. The SMILES string of the molecule is Clc1cccc2c1C=CNC2. The number of hydrogen-bond acceptors (Lipinski definition) is 1. The second-order valence-electron chi connectivity index (χ2n) is 2.53. The molecule has 11 heavy (non-hydrogen) atoms. The summed E-state index contributed by atoms with van der Waals surface area (Å²) >= 11 is 5.96. The van der Waals surface area contributed by atoms with Crippen molar-refractivity contribution in [3.8, 4) is 0 Å². The van der Waals surface area contributed by atoms with Crippen molar-refractivity contribution in [3.05, 3.63) is 40.5 Å². The van der Waals surface area contributed by atoms with E-state index >= 15 is 0 Å². The first-order valence-corrected chi connectivity index (χ1v) is 3.93. The van der Waals surface area contributed by atoms with E-state index in [1.807, 2.05) is 24.4 Å². The molecule has 0 amide bonds. The maximum atomic E-state index is 5.96. The highest BCUT2D eigenvalue weighted by Crippen LogP contribution is 2.23. The average Bonchev–Trinajstić information content (AvgIpc) is 2.06. The molecule has 1 aromatic carbocycles. The Bertz CT molecular complexity index is 304. The zero-order chi connectivity index (χ0) is 7.68. The smallest absolute Gasteiger partial charge is 0.0482 e. The van der Waals surface area contributed by atoms with Gasteiger partial charge >= 0.3 is 0 Å². The lowest BCUT2D eigenvalue weighted by atomic mass is 10.1. The number of nitrogens with one attached hydrogen (secondary N) is 1. The largest absolute Gasteiger partial charge is 0.387 e. The monoisotopic (exact) mass is 165 g/mol. The van der Waals surface area contributed by atoms with Gasteiger partial charge in [0.25, 0.3) is 0 Å². The van der Waals surface area contributed by atoms with Crippen LogP contribution in [0.4, 0.5) is 0 Å². The van der Waals surface area contributed by atoms with Crippen LogP contribution in [-0.4, -0.2) is 0 Å². The van der Waals surface area contributed by atoms with Crippen LogP contribution in [0, 0.1) is 0 Å². The minimum atomic E-state index is 0.834. The predicted molar refractivity (Wildman–Crippen MR) is 47.3 cm³/mol. The van der Waals surface area contributed by atoms with E-state index in [-0.39, 0.29) is 0 Å². The van der Waals surface area contributed by atoms with E-state index in [4.69, 9.17) is 11.6 Å². The molecule has 56 valence electrons. The Morgan fingerprint density at radius 3 is 3.09 bits per heavy atom. The van der Waals surface area contributed by atoms with Gasteiger partial charge < -0.3 is 5.32 Å². The van der Waals surface area contributed by atoms with Gasteiger partial charge in [-0.15, -0.1) is 0 Å². The summed E-state index contributed by atoms with van der Waals surface area (Å²) in [6.07, 6.45) is 3.93. The predicted octanol–water partition coefficient (Wildman–Crippen LogP) is 2.41. The molecule has 1 aliphatic heterocycles.